The van der Waals surface area contributed by atoms with E-state index < -0.39 is 11.6 Å². The molecular weight excluding hydrogens is 246 g/mol. The van der Waals surface area contributed by atoms with E-state index in [4.69, 9.17) is 15.7 Å². The van der Waals surface area contributed by atoms with Gasteiger partial charge in [-0.1, -0.05) is 5.16 Å². The number of hydrogen-bond donors (Lipinski definition) is 2. The quantitative estimate of drug-likeness (QED) is 0.451. The van der Waals surface area contributed by atoms with Crippen LogP contribution < -0.4 is 5.73 Å². The number of nitrogens with two attached hydrogens (primary N) is 1. The van der Waals surface area contributed by atoms with Crippen molar-refractivity contribution in [1.29, 1.82) is 0 Å². The Labute approximate surface area is 101 Å². The normalized spacial score (nSPS) is 12.2. The van der Waals surface area contributed by atoms with Crippen molar-refractivity contribution in [3.8, 4) is 0 Å². The van der Waals surface area contributed by atoms with Crippen molar-refractivity contribution in [2.75, 3.05) is 5.73 Å². The van der Waals surface area contributed by atoms with Crippen LogP contribution in [0.2, 0.25) is 0 Å². The van der Waals surface area contributed by atoms with E-state index in [1.54, 1.807) is 0 Å². The first-order valence-corrected chi connectivity index (χ1v) is 5.41. The van der Waals surface area contributed by atoms with Gasteiger partial charge in [-0.15, -0.1) is 11.3 Å². The molecule has 0 spiro atoms. The van der Waals surface area contributed by atoms with Crippen LogP contribution in [0.5, 0.6) is 0 Å². The van der Waals surface area contributed by atoms with Gasteiger partial charge in [0, 0.05) is 5.38 Å². The predicted molar refractivity (Wildman–Crippen MR) is 61.9 cm³/mol. The lowest BCUT2D eigenvalue weighted by Gasteiger charge is -2.16. The highest BCUT2D eigenvalue weighted by Crippen LogP contribution is 2.14. The first-order valence-electron chi connectivity index (χ1n) is 4.53. The Balaban J connectivity index is 2.89. The van der Waals surface area contributed by atoms with Crippen molar-refractivity contribution in [1.82, 2.24) is 4.98 Å². The molecule has 1 aromatic heterocycles. The van der Waals surface area contributed by atoms with E-state index in [1.807, 2.05) is 0 Å². The van der Waals surface area contributed by atoms with Gasteiger partial charge in [-0.2, -0.15) is 0 Å². The second kappa shape index (κ2) is 4.91. The van der Waals surface area contributed by atoms with Gasteiger partial charge in [0.2, 0.25) is 5.60 Å². The number of hydrogen-bond acceptors (Lipinski definition) is 7. The van der Waals surface area contributed by atoms with Gasteiger partial charge < -0.3 is 15.7 Å². The number of rotatable bonds is 5. The Morgan fingerprint density at radius 2 is 2.35 bits per heavy atom. The summed E-state index contributed by atoms with van der Waals surface area (Å²) in [5.74, 6) is -1.19. The zero-order chi connectivity index (χ0) is 13.1. The van der Waals surface area contributed by atoms with E-state index in [2.05, 4.69) is 10.1 Å². The highest BCUT2D eigenvalue weighted by molar-refractivity contribution is 7.13. The lowest BCUT2D eigenvalue weighted by atomic mass is 10.1. The van der Waals surface area contributed by atoms with Gasteiger partial charge in [-0.05, 0) is 13.8 Å². The van der Waals surface area contributed by atoms with Gasteiger partial charge in [0.25, 0.3) is 0 Å². The van der Waals surface area contributed by atoms with Crippen molar-refractivity contribution in [2.45, 2.75) is 19.4 Å². The minimum absolute atomic E-state index is 0.104. The number of carboxylic acids is 1. The molecule has 1 heterocycles. The fraction of sp³-hybridized carbons (Fsp3) is 0.333. The Kier molecular flexibility index (Phi) is 3.79. The molecule has 0 aromatic carbocycles. The van der Waals surface area contributed by atoms with E-state index in [0.29, 0.717) is 6.29 Å². The van der Waals surface area contributed by atoms with Gasteiger partial charge >= 0.3 is 5.97 Å². The minimum Gasteiger partial charge on any atom is -0.478 e. The average molecular weight is 257 g/mol. The molecule has 0 aliphatic carbocycles. The summed E-state index contributed by atoms with van der Waals surface area (Å²) in [5.41, 5.74) is 4.03. The van der Waals surface area contributed by atoms with Crippen LogP contribution in [0.3, 0.4) is 0 Å². The maximum atomic E-state index is 10.8. The zero-order valence-corrected chi connectivity index (χ0v) is 10.0. The molecule has 0 saturated heterocycles. The minimum atomic E-state index is -1.52. The number of aldehydes is 1. The van der Waals surface area contributed by atoms with Crippen LogP contribution in [-0.4, -0.2) is 33.7 Å². The predicted octanol–water partition coefficient (Wildman–Crippen LogP) is 0.508. The van der Waals surface area contributed by atoms with Crippen LogP contribution >= 0.6 is 11.3 Å². The Morgan fingerprint density at radius 3 is 2.76 bits per heavy atom. The van der Waals surface area contributed by atoms with Crippen LogP contribution in [0, 0.1) is 0 Å². The number of carbonyl (C=O) groups is 2. The Hall–Kier alpha value is -1.96. The number of carbonyl (C=O) groups excluding carboxylic acids is 1. The summed E-state index contributed by atoms with van der Waals surface area (Å²) in [7, 11) is 0. The molecule has 0 aliphatic heterocycles. The number of aliphatic carboxylic acids is 1. The molecule has 8 heteroatoms. The molecule has 17 heavy (non-hydrogen) atoms. The standard InChI is InChI=1S/C9H11N3O4S/c1-9(2,7(14)15)16-12-5(3-13)6-4-17-8(10)11-6/h3-4H,1-2H3,(H2,10,11)(H,14,15)/b12-5+. The topological polar surface area (TPSA) is 115 Å². The summed E-state index contributed by atoms with van der Waals surface area (Å²) in [5, 5.41) is 14.1. The number of nitrogen functional groups attached to an aromatic ring is 1. The van der Waals surface area contributed by atoms with Crippen LogP contribution in [0.25, 0.3) is 0 Å². The molecule has 0 atom stereocenters. The zero-order valence-electron chi connectivity index (χ0n) is 9.21. The molecule has 3 N–H and O–H groups in total. The smallest absolute Gasteiger partial charge is 0.350 e. The first-order chi connectivity index (χ1) is 7.86. The number of anilines is 1. The third-order valence-electron chi connectivity index (χ3n) is 1.78. The van der Waals surface area contributed by atoms with E-state index in [9.17, 15) is 9.59 Å². The Bertz CT molecular complexity index is 467. The maximum Gasteiger partial charge on any atom is 0.350 e. The average Bonchev–Trinajstić information content (AvgIpc) is 2.65. The fourth-order valence-corrected chi connectivity index (χ4v) is 1.29. The van der Waals surface area contributed by atoms with Crippen molar-refractivity contribution >= 4 is 34.4 Å². The SMILES string of the molecule is CC(C)(O/N=C(\C=O)c1csc(N)n1)C(=O)O. The van der Waals surface area contributed by atoms with E-state index in [1.165, 1.54) is 19.2 Å². The molecule has 0 fully saturated rings. The van der Waals surface area contributed by atoms with Crippen molar-refractivity contribution in [2.24, 2.45) is 5.16 Å². The maximum absolute atomic E-state index is 10.8. The highest BCUT2D eigenvalue weighted by atomic mass is 32.1. The van der Waals surface area contributed by atoms with E-state index >= 15 is 0 Å². The van der Waals surface area contributed by atoms with Gasteiger partial charge in [-0.25, -0.2) is 9.78 Å². The summed E-state index contributed by atoms with van der Waals surface area (Å²) >= 11 is 1.14. The molecule has 0 aliphatic rings. The van der Waals surface area contributed by atoms with Crippen LogP contribution in [0.15, 0.2) is 10.5 Å². The first kappa shape index (κ1) is 13.1. The summed E-state index contributed by atoms with van der Waals surface area (Å²) < 4.78 is 0. The molecule has 0 saturated carbocycles. The van der Waals surface area contributed by atoms with Gasteiger partial charge in [0.15, 0.2) is 17.1 Å². The van der Waals surface area contributed by atoms with Crippen molar-refractivity contribution < 1.29 is 19.5 Å². The van der Waals surface area contributed by atoms with Crippen LogP contribution in [0.4, 0.5) is 5.13 Å². The number of carboxylic acid groups (broad SMARTS) is 1. The van der Waals surface area contributed by atoms with Crippen LogP contribution in [-0.2, 0) is 14.4 Å². The molecule has 7 nitrogen and oxygen atoms in total. The molecule has 0 unspecified atom stereocenters. The lowest BCUT2D eigenvalue weighted by Crippen LogP contribution is -2.33. The third-order valence-corrected chi connectivity index (χ3v) is 2.46. The fourth-order valence-electron chi connectivity index (χ4n) is 0.736. The van der Waals surface area contributed by atoms with Gasteiger partial charge in [0.1, 0.15) is 5.69 Å². The number of oxime groups is 1. The van der Waals surface area contributed by atoms with E-state index in [0.717, 1.165) is 11.3 Å². The third kappa shape index (κ3) is 3.25. The van der Waals surface area contributed by atoms with Gasteiger partial charge in [-0.3, -0.25) is 4.79 Å². The highest BCUT2D eigenvalue weighted by Gasteiger charge is 2.30. The molecule has 1 rings (SSSR count). The largest absolute Gasteiger partial charge is 0.478 e. The summed E-state index contributed by atoms with van der Waals surface area (Å²) in [4.78, 5) is 30.1. The van der Waals surface area contributed by atoms with Crippen molar-refractivity contribution in [3.63, 3.8) is 0 Å². The number of nitrogens with zero attached hydrogens (tertiary/aromatic N) is 2. The molecule has 0 amide bonds. The van der Waals surface area contributed by atoms with E-state index in [-0.39, 0.29) is 16.5 Å². The lowest BCUT2D eigenvalue weighted by molar-refractivity contribution is -0.161. The molecule has 0 radical (unpaired) electrons. The molecular formula is C9H11N3O4S. The summed E-state index contributed by atoms with van der Waals surface area (Å²) in [6, 6.07) is 0. The van der Waals surface area contributed by atoms with Crippen LogP contribution in [0.1, 0.15) is 19.5 Å². The molecule has 0 bridgehead atoms. The Morgan fingerprint density at radius 1 is 1.71 bits per heavy atom. The summed E-state index contributed by atoms with van der Waals surface area (Å²) in [6.45, 7) is 2.63. The molecule has 1 aromatic rings. The monoisotopic (exact) mass is 257 g/mol. The molecule has 92 valence electrons. The number of aromatic nitrogens is 1. The number of thiazole rings is 1. The van der Waals surface area contributed by atoms with Gasteiger partial charge in [0.05, 0.1) is 0 Å². The van der Waals surface area contributed by atoms with Crippen molar-refractivity contribution in [3.05, 3.63) is 11.1 Å². The summed E-state index contributed by atoms with van der Waals surface area (Å²) in [6.07, 6.45) is 0.423. The second-order valence-corrected chi connectivity index (χ2v) is 4.46. The second-order valence-electron chi connectivity index (χ2n) is 3.57.